The van der Waals surface area contributed by atoms with Gasteiger partial charge in [0.25, 0.3) is 0 Å². The van der Waals surface area contributed by atoms with Gasteiger partial charge >= 0.3 is 0 Å². The Bertz CT molecular complexity index is 291. The average molecular weight is 188 g/mol. The monoisotopic (exact) mass is 188 g/mol. The molecule has 0 aliphatic heterocycles. The van der Waals surface area contributed by atoms with Gasteiger partial charge in [-0.3, -0.25) is 0 Å². The van der Waals surface area contributed by atoms with Gasteiger partial charge in [-0.05, 0) is 42.6 Å². The molecule has 0 heteroatoms. The number of allylic oxidation sites excluding steroid dienone is 5. The molecule has 2 aliphatic rings. The molecule has 2 atom stereocenters. The second-order valence-electron chi connectivity index (χ2n) is 5.00. The Morgan fingerprint density at radius 3 is 2.86 bits per heavy atom. The standard InChI is InChI=1S/C14H20/c1-10(2)12-6-7-13-8-11(3)4-5-14(13)9-12/h6-7,9-10,13-14H,3-5,8H2,1-2H3. The maximum Gasteiger partial charge on any atom is -0.0130 e. The molecule has 1 fully saturated rings. The van der Waals surface area contributed by atoms with E-state index in [-0.39, 0.29) is 0 Å². The van der Waals surface area contributed by atoms with Crippen LogP contribution >= 0.6 is 0 Å². The van der Waals surface area contributed by atoms with Gasteiger partial charge in [0.1, 0.15) is 0 Å². The Morgan fingerprint density at radius 1 is 1.36 bits per heavy atom. The highest BCUT2D eigenvalue weighted by atomic mass is 14.3. The molecule has 0 N–H and O–H groups in total. The SMILES string of the molecule is C=C1CCC2C=C(C(C)C)C=CC2C1. The van der Waals surface area contributed by atoms with Crippen molar-refractivity contribution in [2.45, 2.75) is 33.1 Å². The predicted molar refractivity (Wildman–Crippen MR) is 62.0 cm³/mol. The van der Waals surface area contributed by atoms with Crippen LogP contribution in [0.15, 0.2) is 36.0 Å². The van der Waals surface area contributed by atoms with E-state index in [2.05, 4.69) is 38.7 Å². The molecule has 0 aromatic carbocycles. The Labute approximate surface area is 87.4 Å². The highest BCUT2D eigenvalue weighted by Crippen LogP contribution is 2.38. The van der Waals surface area contributed by atoms with Crippen molar-refractivity contribution in [1.29, 1.82) is 0 Å². The zero-order valence-corrected chi connectivity index (χ0v) is 9.29. The van der Waals surface area contributed by atoms with Gasteiger partial charge in [0.15, 0.2) is 0 Å². The van der Waals surface area contributed by atoms with Gasteiger partial charge in [-0.2, -0.15) is 0 Å². The van der Waals surface area contributed by atoms with Crippen LogP contribution in [0.4, 0.5) is 0 Å². The van der Waals surface area contributed by atoms with E-state index in [1.807, 2.05) is 0 Å². The molecule has 0 heterocycles. The zero-order valence-electron chi connectivity index (χ0n) is 9.29. The summed E-state index contributed by atoms with van der Waals surface area (Å²) in [5.41, 5.74) is 2.97. The fraction of sp³-hybridized carbons (Fsp3) is 0.571. The summed E-state index contributed by atoms with van der Waals surface area (Å²) in [5.74, 6) is 2.22. The molecule has 0 spiro atoms. The highest BCUT2D eigenvalue weighted by Gasteiger charge is 2.25. The average Bonchev–Trinajstić information content (AvgIpc) is 2.16. The van der Waals surface area contributed by atoms with Crippen LogP contribution in [0.1, 0.15) is 33.1 Å². The van der Waals surface area contributed by atoms with E-state index in [0.29, 0.717) is 5.92 Å². The summed E-state index contributed by atoms with van der Waals surface area (Å²) in [6.07, 6.45) is 11.0. The summed E-state index contributed by atoms with van der Waals surface area (Å²) < 4.78 is 0. The minimum Gasteiger partial charge on any atom is -0.0998 e. The lowest BCUT2D eigenvalue weighted by molar-refractivity contribution is 0.386. The molecule has 2 unspecified atom stereocenters. The van der Waals surface area contributed by atoms with Gasteiger partial charge in [-0.15, -0.1) is 0 Å². The first-order chi connectivity index (χ1) is 6.66. The van der Waals surface area contributed by atoms with Crippen molar-refractivity contribution in [1.82, 2.24) is 0 Å². The van der Waals surface area contributed by atoms with E-state index in [9.17, 15) is 0 Å². The van der Waals surface area contributed by atoms with Gasteiger partial charge < -0.3 is 0 Å². The Kier molecular flexibility index (Phi) is 2.62. The molecule has 2 aliphatic carbocycles. The summed E-state index contributed by atoms with van der Waals surface area (Å²) in [6.45, 7) is 8.66. The van der Waals surface area contributed by atoms with E-state index in [0.717, 1.165) is 11.8 Å². The Balaban J connectivity index is 2.13. The number of hydrogen-bond acceptors (Lipinski definition) is 0. The maximum absolute atomic E-state index is 4.10. The first-order valence-electron chi connectivity index (χ1n) is 5.73. The van der Waals surface area contributed by atoms with Crippen LogP contribution < -0.4 is 0 Å². The number of hydrogen-bond donors (Lipinski definition) is 0. The second-order valence-corrected chi connectivity index (χ2v) is 5.00. The van der Waals surface area contributed by atoms with Crippen molar-refractivity contribution >= 4 is 0 Å². The molecule has 1 saturated carbocycles. The van der Waals surface area contributed by atoms with E-state index in [4.69, 9.17) is 0 Å². The van der Waals surface area contributed by atoms with Gasteiger partial charge in [0.05, 0.1) is 0 Å². The van der Waals surface area contributed by atoms with Crippen LogP contribution in [0, 0.1) is 17.8 Å². The molecule has 76 valence electrons. The number of fused-ring (bicyclic) bond motifs is 1. The van der Waals surface area contributed by atoms with Crippen molar-refractivity contribution in [3.05, 3.63) is 36.0 Å². The van der Waals surface area contributed by atoms with Gasteiger partial charge in [-0.1, -0.05) is 44.2 Å². The Hall–Kier alpha value is -0.780. The van der Waals surface area contributed by atoms with Gasteiger partial charge in [-0.25, -0.2) is 0 Å². The minimum atomic E-state index is 0.678. The van der Waals surface area contributed by atoms with Crippen molar-refractivity contribution in [3.63, 3.8) is 0 Å². The van der Waals surface area contributed by atoms with E-state index < -0.39 is 0 Å². The Morgan fingerprint density at radius 2 is 2.14 bits per heavy atom. The number of rotatable bonds is 1. The third kappa shape index (κ3) is 1.84. The summed E-state index contributed by atoms with van der Waals surface area (Å²) in [7, 11) is 0. The first-order valence-corrected chi connectivity index (χ1v) is 5.73. The zero-order chi connectivity index (χ0) is 10.1. The summed E-state index contributed by atoms with van der Waals surface area (Å²) in [4.78, 5) is 0. The molecule has 0 saturated heterocycles. The molecule has 0 nitrogen and oxygen atoms in total. The molecular weight excluding hydrogens is 168 g/mol. The molecule has 0 bridgehead atoms. The molecule has 14 heavy (non-hydrogen) atoms. The van der Waals surface area contributed by atoms with Crippen LogP contribution in [0.5, 0.6) is 0 Å². The lowest BCUT2D eigenvalue weighted by Gasteiger charge is -2.32. The van der Waals surface area contributed by atoms with Crippen LogP contribution in [-0.4, -0.2) is 0 Å². The lowest BCUT2D eigenvalue weighted by atomic mass is 9.73. The first kappa shape index (κ1) is 9.76. The minimum absolute atomic E-state index is 0.678. The highest BCUT2D eigenvalue weighted by molar-refractivity contribution is 5.29. The van der Waals surface area contributed by atoms with Crippen LogP contribution in [0.25, 0.3) is 0 Å². The van der Waals surface area contributed by atoms with Crippen molar-refractivity contribution < 1.29 is 0 Å². The lowest BCUT2D eigenvalue weighted by Crippen LogP contribution is -2.20. The van der Waals surface area contributed by atoms with Crippen molar-refractivity contribution in [3.8, 4) is 0 Å². The van der Waals surface area contributed by atoms with Crippen LogP contribution in [0.2, 0.25) is 0 Å². The molecule has 0 radical (unpaired) electrons. The normalized spacial score (nSPS) is 31.6. The van der Waals surface area contributed by atoms with Crippen molar-refractivity contribution in [2.24, 2.45) is 17.8 Å². The fourth-order valence-electron chi connectivity index (χ4n) is 2.51. The smallest absolute Gasteiger partial charge is 0.0130 e. The molecule has 0 aromatic heterocycles. The third-order valence-electron chi connectivity index (χ3n) is 3.51. The summed E-state index contributed by atoms with van der Waals surface area (Å²) in [5, 5.41) is 0. The van der Waals surface area contributed by atoms with Gasteiger partial charge in [0, 0.05) is 0 Å². The van der Waals surface area contributed by atoms with E-state index >= 15 is 0 Å². The summed E-state index contributed by atoms with van der Waals surface area (Å²) >= 11 is 0. The van der Waals surface area contributed by atoms with Crippen molar-refractivity contribution in [2.75, 3.05) is 0 Å². The molecule has 2 rings (SSSR count). The van der Waals surface area contributed by atoms with Crippen LogP contribution in [0.3, 0.4) is 0 Å². The van der Waals surface area contributed by atoms with Crippen LogP contribution in [-0.2, 0) is 0 Å². The molecule has 0 aromatic rings. The molecular formula is C14H20. The predicted octanol–water partition coefficient (Wildman–Crippen LogP) is 4.11. The topological polar surface area (TPSA) is 0 Å². The fourth-order valence-corrected chi connectivity index (χ4v) is 2.51. The summed E-state index contributed by atoms with van der Waals surface area (Å²) in [6, 6.07) is 0. The molecule has 0 amide bonds. The largest absolute Gasteiger partial charge is 0.0998 e. The van der Waals surface area contributed by atoms with E-state index in [1.165, 1.54) is 30.4 Å². The quantitative estimate of drug-likeness (QED) is 0.543. The van der Waals surface area contributed by atoms with E-state index in [1.54, 1.807) is 0 Å². The second kappa shape index (κ2) is 3.76. The van der Waals surface area contributed by atoms with Gasteiger partial charge in [0.2, 0.25) is 0 Å². The third-order valence-corrected chi connectivity index (χ3v) is 3.51. The maximum atomic E-state index is 4.10.